The van der Waals surface area contributed by atoms with Crippen molar-refractivity contribution in [3.8, 4) is 11.5 Å². The summed E-state index contributed by atoms with van der Waals surface area (Å²) in [6.07, 6.45) is 0. The van der Waals surface area contributed by atoms with E-state index in [4.69, 9.17) is 4.74 Å². The van der Waals surface area contributed by atoms with Crippen molar-refractivity contribution in [1.82, 2.24) is 4.90 Å². The average molecular weight is 321 g/mol. The van der Waals surface area contributed by atoms with E-state index in [1.54, 1.807) is 36.2 Å². The smallest absolute Gasteiger partial charge is 0.260 e. The van der Waals surface area contributed by atoms with Crippen LogP contribution in [0, 0.1) is 0 Å². The summed E-state index contributed by atoms with van der Waals surface area (Å²) >= 11 is 0. The fraction of sp³-hybridized carbons (Fsp3) is 0.150. The molecule has 0 aliphatic heterocycles. The molecule has 0 aromatic heterocycles. The van der Waals surface area contributed by atoms with Crippen molar-refractivity contribution in [2.75, 3.05) is 13.7 Å². The van der Waals surface area contributed by atoms with E-state index in [0.717, 1.165) is 16.3 Å². The Kier molecular flexibility index (Phi) is 4.66. The Morgan fingerprint density at radius 3 is 2.46 bits per heavy atom. The Morgan fingerprint density at radius 1 is 1.00 bits per heavy atom. The number of benzene rings is 3. The molecule has 4 heteroatoms. The third-order valence-corrected chi connectivity index (χ3v) is 3.87. The molecule has 0 saturated heterocycles. The molecule has 0 spiro atoms. The summed E-state index contributed by atoms with van der Waals surface area (Å²) in [6.45, 7) is 0.465. The zero-order chi connectivity index (χ0) is 16.9. The second-order valence-corrected chi connectivity index (χ2v) is 5.71. The van der Waals surface area contributed by atoms with Crippen LogP contribution in [0.3, 0.4) is 0 Å². The summed E-state index contributed by atoms with van der Waals surface area (Å²) in [7, 11) is 1.74. The Balaban J connectivity index is 1.58. The number of nitrogens with zero attached hydrogens (tertiary/aromatic N) is 1. The maximum absolute atomic E-state index is 12.2. The van der Waals surface area contributed by atoms with Gasteiger partial charge in [-0.2, -0.15) is 0 Å². The second kappa shape index (κ2) is 7.04. The quantitative estimate of drug-likeness (QED) is 0.781. The van der Waals surface area contributed by atoms with Crippen molar-refractivity contribution in [2.45, 2.75) is 6.54 Å². The van der Waals surface area contributed by atoms with E-state index < -0.39 is 0 Å². The molecule has 0 aliphatic rings. The molecule has 0 radical (unpaired) electrons. The lowest BCUT2D eigenvalue weighted by Gasteiger charge is -2.17. The highest BCUT2D eigenvalue weighted by atomic mass is 16.5. The van der Waals surface area contributed by atoms with Crippen LogP contribution in [0.2, 0.25) is 0 Å². The van der Waals surface area contributed by atoms with Gasteiger partial charge in [0.15, 0.2) is 6.61 Å². The van der Waals surface area contributed by atoms with E-state index in [0.29, 0.717) is 12.3 Å². The molecule has 0 heterocycles. The highest BCUT2D eigenvalue weighted by Gasteiger charge is 2.10. The van der Waals surface area contributed by atoms with Gasteiger partial charge in [0.05, 0.1) is 0 Å². The number of carbonyl (C=O) groups is 1. The van der Waals surface area contributed by atoms with Crippen LogP contribution in [0.25, 0.3) is 10.8 Å². The SMILES string of the molecule is CN(Cc1ccc(O)cc1)C(=O)COc1ccc2ccccc2c1. The number of phenolic OH excluding ortho intramolecular Hbond substituents is 1. The summed E-state index contributed by atoms with van der Waals surface area (Å²) in [5.74, 6) is 0.795. The number of likely N-dealkylation sites (N-methyl/N-ethyl adjacent to an activating group) is 1. The number of phenols is 1. The summed E-state index contributed by atoms with van der Waals surface area (Å²) in [6, 6.07) is 20.6. The number of carbonyl (C=O) groups excluding carboxylic acids is 1. The molecule has 3 aromatic rings. The number of amides is 1. The van der Waals surface area contributed by atoms with Crippen LogP contribution in [-0.4, -0.2) is 29.6 Å². The minimum atomic E-state index is -0.101. The predicted octanol–water partition coefficient (Wildman–Crippen LogP) is 3.58. The lowest BCUT2D eigenvalue weighted by atomic mass is 10.1. The molecular formula is C20H19NO3. The van der Waals surface area contributed by atoms with Crippen molar-refractivity contribution < 1.29 is 14.6 Å². The van der Waals surface area contributed by atoms with Gasteiger partial charge in [0.25, 0.3) is 5.91 Å². The first-order chi connectivity index (χ1) is 11.6. The van der Waals surface area contributed by atoms with Crippen LogP contribution < -0.4 is 4.74 Å². The third kappa shape index (κ3) is 3.84. The topological polar surface area (TPSA) is 49.8 Å². The fourth-order valence-corrected chi connectivity index (χ4v) is 2.48. The van der Waals surface area contributed by atoms with Gasteiger partial charge in [-0.15, -0.1) is 0 Å². The lowest BCUT2D eigenvalue weighted by Crippen LogP contribution is -2.30. The molecule has 122 valence electrons. The molecule has 1 amide bonds. The molecule has 0 bridgehead atoms. The van der Waals surface area contributed by atoms with Gasteiger partial charge in [-0.05, 0) is 40.6 Å². The first kappa shape index (κ1) is 15.9. The van der Waals surface area contributed by atoms with Crippen molar-refractivity contribution in [3.05, 3.63) is 72.3 Å². The van der Waals surface area contributed by atoms with Gasteiger partial charge in [-0.1, -0.05) is 42.5 Å². The van der Waals surface area contributed by atoms with Crippen molar-refractivity contribution in [3.63, 3.8) is 0 Å². The summed E-state index contributed by atoms with van der Waals surface area (Å²) in [5.41, 5.74) is 0.953. The molecule has 3 rings (SSSR count). The monoisotopic (exact) mass is 321 g/mol. The van der Waals surface area contributed by atoms with Gasteiger partial charge < -0.3 is 14.7 Å². The largest absolute Gasteiger partial charge is 0.508 e. The number of ether oxygens (including phenoxy) is 1. The van der Waals surface area contributed by atoms with E-state index in [9.17, 15) is 9.90 Å². The van der Waals surface area contributed by atoms with Crippen LogP contribution in [0.15, 0.2) is 66.7 Å². The van der Waals surface area contributed by atoms with Crippen LogP contribution in [0.1, 0.15) is 5.56 Å². The molecular weight excluding hydrogens is 302 g/mol. The summed E-state index contributed by atoms with van der Waals surface area (Å²) in [5, 5.41) is 11.5. The zero-order valence-electron chi connectivity index (χ0n) is 13.5. The summed E-state index contributed by atoms with van der Waals surface area (Å²) in [4.78, 5) is 13.8. The van der Waals surface area contributed by atoms with Gasteiger partial charge in [-0.3, -0.25) is 4.79 Å². The van der Waals surface area contributed by atoms with Crippen LogP contribution in [0.4, 0.5) is 0 Å². The Bertz CT molecular complexity index is 843. The predicted molar refractivity (Wildman–Crippen MR) is 94.0 cm³/mol. The third-order valence-electron chi connectivity index (χ3n) is 3.87. The molecule has 1 N–H and O–H groups in total. The van der Waals surface area contributed by atoms with Gasteiger partial charge in [0.1, 0.15) is 11.5 Å². The molecule has 3 aromatic carbocycles. The number of rotatable bonds is 5. The normalized spacial score (nSPS) is 10.5. The zero-order valence-corrected chi connectivity index (χ0v) is 13.5. The first-order valence-electron chi connectivity index (χ1n) is 7.75. The Labute approximate surface area is 140 Å². The number of aromatic hydroxyl groups is 1. The maximum atomic E-state index is 12.2. The van der Waals surface area contributed by atoms with Crippen LogP contribution in [0.5, 0.6) is 11.5 Å². The molecule has 0 saturated carbocycles. The van der Waals surface area contributed by atoms with E-state index in [2.05, 4.69) is 0 Å². The Hall–Kier alpha value is -3.01. The molecule has 0 fully saturated rings. The number of hydrogen-bond acceptors (Lipinski definition) is 3. The maximum Gasteiger partial charge on any atom is 0.260 e. The second-order valence-electron chi connectivity index (χ2n) is 5.71. The van der Waals surface area contributed by atoms with E-state index in [1.807, 2.05) is 42.5 Å². The van der Waals surface area contributed by atoms with E-state index in [1.165, 1.54) is 0 Å². The number of fused-ring (bicyclic) bond motifs is 1. The standard InChI is InChI=1S/C20H19NO3/c1-21(13-15-6-9-18(22)10-7-15)20(23)14-24-19-11-8-16-4-2-3-5-17(16)12-19/h2-12,22H,13-14H2,1H3. The minimum Gasteiger partial charge on any atom is -0.508 e. The highest BCUT2D eigenvalue weighted by Crippen LogP contribution is 2.20. The fourth-order valence-electron chi connectivity index (χ4n) is 2.48. The molecule has 0 atom stereocenters. The lowest BCUT2D eigenvalue weighted by molar-refractivity contribution is -0.132. The molecule has 4 nitrogen and oxygen atoms in total. The average Bonchev–Trinajstić information content (AvgIpc) is 2.61. The van der Waals surface area contributed by atoms with Gasteiger partial charge in [0, 0.05) is 13.6 Å². The molecule has 24 heavy (non-hydrogen) atoms. The van der Waals surface area contributed by atoms with Gasteiger partial charge in [0.2, 0.25) is 0 Å². The van der Waals surface area contributed by atoms with Gasteiger partial charge in [-0.25, -0.2) is 0 Å². The van der Waals surface area contributed by atoms with Gasteiger partial charge >= 0.3 is 0 Å². The highest BCUT2D eigenvalue weighted by molar-refractivity contribution is 5.84. The van der Waals surface area contributed by atoms with E-state index >= 15 is 0 Å². The minimum absolute atomic E-state index is 0.00702. The number of hydrogen-bond donors (Lipinski definition) is 1. The molecule has 0 unspecified atom stereocenters. The van der Waals surface area contributed by atoms with Crippen molar-refractivity contribution in [2.24, 2.45) is 0 Å². The summed E-state index contributed by atoms with van der Waals surface area (Å²) < 4.78 is 5.62. The van der Waals surface area contributed by atoms with E-state index in [-0.39, 0.29) is 18.3 Å². The van der Waals surface area contributed by atoms with Crippen LogP contribution in [-0.2, 0) is 11.3 Å². The molecule has 0 aliphatic carbocycles. The first-order valence-corrected chi connectivity index (χ1v) is 7.75. The Morgan fingerprint density at radius 2 is 1.71 bits per heavy atom. The van der Waals surface area contributed by atoms with Crippen molar-refractivity contribution >= 4 is 16.7 Å². The van der Waals surface area contributed by atoms with Crippen molar-refractivity contribution in [1.29, 1.82) is 0 Å². The van der Waals surface area contributed by atoms with Crippen LogP contribution >= 0.6 is 0 Å².